The molecule has 144 valence electrons. The lowest BCUT2D eigenvalue weighted by atomic mass is 10.0. The van der Waals surface area contributed by atoms with Crippen molar-refractivity contribution in [1.82, 2.24) is 14.6 Å². The number of benzene rings is 2. The Balaban J connectivity index is 1.55. The molecule has 1 saturated carbocycles. The molecule has 5 heteroatoms. The predicted molar refractivity (Wildman–Crippen MR) is 113 cm³/mol. The van der Waals surface area contributed by atoms with Gasteiger partial charge in [0.05, 0.1) is 5.69 Å². The molecule has 4 aromatic rings. The highest BCUT2D eigenvalue weighted by atomic mass is 16.5. The van der Waals surface area contributed by atoms with Crippen LogP contribution in [0.4, 0.5) is 0 Å². The normalized spacial score (nSPS) is 18.2. The van der Waals surface area contributed by atoms with E-state index in [4.69, 9.17) is 20.6 Å². The highest BCUT2D eigenvalue weighted by Gasteiger charge is 2.25. The zero-order valence-corrected chi connectivity index (χ0v) is 16.1. The number of hydrogen-bond donors (Lipinski definition) is 1. The van der Waals surface area contributed by atoms with E-state index in [1.54, 1.807) is 0 Å². The Morgan fingerprint density at radius 2 is 1.79 bits per heavy atom. The third-order valence-electron chi connectivity index (χ3n) is 5.85. The molecule has 0 radical (unpaired) electrons. The number of aryl methyl sites for hydroxylation is 1. The molecular formula is C24H22N4O. The number of nitrogens with zero attached hydrogens (tertiary/aromatic N) is 3. The van der Waals surface area contributed by atoms with E-state index in [-0.39, 0.29) is 6.04 Å². The van der Waals surface area contributed by atoms with Gasteiger partial charge in [-0.25, -0.2) is 9.50 Å². The molecule has 0 amide bonds. The zero-order valence-electron chi connectivity index (χ0n) is 16.1. The van der Waals surface area contributed by atoms with Crippen molar-refractivity contribution in [2.24, 2.45) is 5.73 Å². The molecule has 0 bridgehead atoms. The van der Waals surface area contributed by atoms with Gasteiger partial charge in [-0.1, -0.05) is 42.5 Å². The second kappa shape index (κ2) is 6.42. The van der Waals surface area contributed by atoms with E-state index < -0.39 is 0 Å². The van der Waals surface area contributed by atoms with Crippen molar-refractivity contribution in [2.75, 3.05) is 0 Å². The molecule has 29 heavy (non-hydrogen) atoms. The standard InChI is InChI=1S/C24H22N4O/c25-20-11-7-16-14-17(6-10-19(16)20)23-24(15-4-2-1-3-5-15)28-21(26-23)12-13-22(27-28)29-18-8-9-18/h1-6,10,12-14,18,20H,7-9,11,25H2/t20-/m0/s1. The largest absolute Gasteiger partial charge is 0.473 e. The fraction of sp³-hybridized carbons (Fsp3) is 0.250. The van der Waals surface area contributed by atoms with E-state index in [2.05, 4.69) is 30.3 Å². The number of fused-ring (bicyclic) bond motifs is 2. The number of aromatic nitrogens is 3. The van der Waals surface area contributed by atoms with Crippen LogP contribution in [-0.4, -0.2) is 20.7 Å². The van der Waals surface area contributed by atoms with Crippen molar-refractivity contribution in [3.8, 4) is 28.4 Å². The molecule has 2 aliphatic rings. The van der Waals surface area contributed by atoms with Gasteiger partial charge in [-0.3, -0.25) is 0 Å². The molecule has 1 atom stereocenters. The van der Waals surface area contributed by atoms with Crippen LogP contribution in [0.2, 0.25) is 0 Å². The lowest BCUT2D eigenvalue weighted by Gasteiger charge is -2.09. The van der Waals surface area contributed by atoms with Gasteiger partial charge in [-0.2, -0.15) is 0 Å². The average Bonchev–Trinajstić information content (AvgIpc) is 3.37. The molecule has 0 saturated heterocycles. The van der Waals surface area contributed by atoms with Crippen molar-refractivity contribution >= 4 is 5.65 Å². The van der Waals surface area contributed by atoms with E-state index in [0.717, 1.165) is 53.8 Å². The van der Waals surface area contributed by atoms with Crippen LogP contribution < -0.4 is 10.5 Å². The number of hydrogen-bond acceptors (Lipinski definition) is 4. The molecule has 1 fully saturated rings. The van der Waals surface area contributed by atoms with Crippen molar-refractivity contribution < 1.29 is 4.74 Å². The van der Waals surface area contributed by atoms with Gasteiger partial charge in [0, 0.05) is 23.2 Å². The number of ether oxygens (including phenoxy) is 1. The highest BCUT2D eigenvalue weighted by Crippen LogP contribution is 2.37. The summed E-state index contributed by atoms with van der Waals surface area (Å²) in [7, 11) is 0. The predicted octanol–water partition coefficient (Wildman–Crippen LogP) is 4.55. The van der Waals surface area contributed by atoms with Crippen molar-refractivity contribution in [3.05, 3.63) is 71.8 Å². The smallest absolute Gasteiger partial charge is 0.232 e. The van der Waals surface area contributed by atoms with Gasteiger partial charge in [-0.15, -0.1) is 5.10 Å². The van der Waals surface area contributed by atoms with Crippen LogP contribution in [0.25, 0.3) is 28.2 Å². The second-order valence-electron chi connectivity index (χ2n) is 7.99. The summed E-state index contributed by atoms with van der Waals surface area (Å²) in [6.07, 6.45) is 4.56. The van der Waals surface area contributed by atoms with Crippen LogP contribution in [0.5, 0.6) is 5.88 Å². The SMILES string of the molecule is N[C@H]1CCc2cc(-c3nc4ccc(OC5CC5)nn4c3-c3ccccc3)ccc21. The van der Waals surface area contributed by atoms with Crippen LogP contribution in [0, 0.1) is 0 Å². The Kier molecular flexibility index (Phi) is 3.71. The fourth-order valence-corrected chi connectivity index (χ4v) is 4.19. The van der Waals surface area contributed by atoms with Gasteiger partial charge in [0.15, 0.2) is 5.65 Å². The summed E-state index contributed by atoms with van der Waals surface area (Å²) in [6, 6.07) is 20.9. The molecule has 6 rings (SSSR count). The second-order valence-corrected chi connectivity index (χ2v) is 7.99. The Hall–Kier alpha value is -3.18. The third-order valence-corrected chi connectivity index (χ3v) is 5.85. The summed E-state index contributed by atoms with van der Waals surface area (Å²) < 4.78 is 7.86. The molecule has 2 aliphatic carbocycles. The van der Waals surface area contributed by atoms with E-state index in [1.165, 1.54) is 11.1 Å². The Morgan fingerprint density at radius 3 is 2.62 bits per heavy atom. The third kappa shape index (κ3) is 2.89. The summed E-state index contributed by atoms with van der Waals surface area (Å²) in [5.41, 5.74) is 13.8. The number of imidazole rings is 1. The molecule has 0 spiro atoms. The molecule has 2 N–H and O–H groups in total. The summed E-state index contributed by atoms with van der Waals surface area (Å²) >= 11 is 0. The molecule has 2 heterocycles. The van der Waals surface area contributed by atoms with Gasteiger partial charge in [0.25, 0.3) is 0 Å². The fourth-order valence-electron chi connectivity index (χ4n) is 4.19. The molecule has 2 aromatic heterocycles. The first-order valence-electron chi connectivity index (χ1n) is 10.3. The topological polar surface area (TPSA) is 65.4 Å². The molecule has 0 unspecified atom stereocenters. The minimum atomic E-state index is 0.150. The van der Waals surface area contributed by atoms with Gasteiger partial charge < -0.3 is 10.5 Å². The van der Waals surface area contributed by atoms with Crippen molar-refractivity contribution in [3.63, 3.8) is 0 Å². The van der Waals surface area contributed by atoms with Crippen LogP contribution in [0.15, 0.2) is 60.7 Å². The number of nitrogens with two attached hydrogens (primary N) is 1. The summed E-state index contributed by atoms with van der Waals surface area (Å²) in [4.78, 5) is 4.95. The van der Waals surface area contributed by atoms with E-state index in [0.29, 0.717) is 12.0 Å². The van der Waals surface area contributed by atoms with Gasteiger partial charge in [-0.05, 0) is 48.9 Å². The Bertz CT molecular complexity index is 1210. The monoisotopic (exact) mass is 382 g/mol. The minimum absolute atomic E-state index is 0.150. The van der Waals surface area contributed by atoms with Crippen LogP contribution in [0.1, 0.15) is 36.4 Å². The maximum atomic E-state index is 6.24. The lowest BCUT2D eigenvalue weighted by molar-refractivity contribution is 0.286. The van der Waals surface area contributed by atoms with Gasteiger partial charge >= 0.3 is 0 Å². The first-order valence-corrected chi connectivity index (χ1v) is 10.3. The van der Waals surface area contributed by atoms with Crippen molar-refractivity contribution in [1.29, 1.82) is 0 Å². The van der Waals surface area contributed by atoms with Crippen LogP contribution in [0.3, 0.4) is 0 Å². The molecule has 2 aromatic carbocycles. The Morgan fingerprint density at radius 1 is 0.931 bits per heavy atom. The van der Waals surface area contributed by atoms with E-state index in [9.17, 15) is 0 Å². The lowest BCUT2D eigenvalue weighted by Crippen LogP contribution is -2.04. The van der Waals surface area contributed by atoms with Gasteiger partial charge in [0.2, 0.25) is 5.88 Å². The maximum absolute atomic E-state index is 6.24. The minimum Gasteiger partial charge on any atom is -0.473 e. The number of rotatable bonds is 4. The Labute approximate surface area is 169 Å². The summed E-state index contributed by atoms with van der Waals surface area (Å²) in [5, 5.41) is 4.77. The molecule has 5 nitrogen and oxygen atoms in total. The zero-order chi connectivity index (χ0) is 19.4. The summed E-state index contributed by atoms with van der Waals surface area (Å²) in [6.45, 7) is 0. The molecule has 0 aliphatic heterocycles. The van der Waals surface area contributed by atoms with E-state index in [1.807, 2.05) is 34.8 Å². The van der Waals surface area contributed by atoms with Crippen LogP contribution >= 0.6 is 0 Å². The maximum Gasteiger partial charge on any atom is 0.232 e. The van der Waals surface area contributed by atoms with Crippen LogP contribution in [-0.2, 0) is 6.42 Å². The molecular weight excluding hydrogens is 360 g/mol. The first kappa shape index (κ1) is 16.7. The first-order chi connectivity index (χ1) is 14.3. The quantitative estimate of drug-likeness (QED) is 0.562. The van der Waals surface area contributed by atoms with Crippen molar-refractivity contribution in [2.45, 2.75) is 37.8 Å². The highest BCUT2D eigenvalue weighted by molar-refractivity contribution is 5.82. The van der Waals surface area contributed by atoms with Gasteiger partial charge in [0.1, 0.15) is 11.8 Å². The summed E-state index contributed by atoms with van der Waals surface area (Å²) in [5.74, 6) is 0.654. The average molecular weight is 382 g/mol. The van der Waals surface area contributed by atoms with E-state index >= 15 is 0 Å².